The molecule has 5 heteroatoms. The lowest BCUT2D eigenvalue weighted by atomic mass is 10.3. The van der Waals surface area contributed by atoms with Crippen LogP contribution in [0.25, 0.3) is 0 Å². The Kier molecular flexibility index (Phi) is 3.96. The van der Waals surface area contributed by atoms with Crippen LogP contribution in [-0.2, 0) is 0 Å². The van der Waals surface area contributed by atoms with Crippen LogP contribution in [0, 0.1) is 0 Å². The predicted molar refractivity (Wildman–Crippen MR) is 65.5 cm³/mol. The minimum atomic E-state index is -0.0398. The molecular formula is C10H17N3OS. The van der Waals surface area contributed by atoms with Crippen LogP contribution in [0.3, 0.4) is 0 Å². The fourth-order valence-corrected chi connectivity index (χ4v) is 2.14. The Balaban J connectivity index is 2.81. The van der Waals surface area contributed by atoms with E-state index in [2.05, 4.69) is 12.2 Å². The Morgan fingerprint density at radius 2 is 2.27 bits per heavy atom. The van der Waals surface area contributed by atoms with Crippen LogP contribution in [-0.4, -0.2) is 31.4 Å². The van der Waals surface area contributed by atoms with Crippen LogP contribution in [0.2, 0.25) is 0 Å². The minimum absolute atomic E-state index is 0.0398. The van der Waals surface area contributed by atoms with Crippen molar-refractivity contribution < 1.29 is 4.79 Å². The van der Waals surface area contributed by atoms with Gasteiger partial charge in [-0.05, 0) is 12.5 Å². The van der Waals surface area contributed by atoms with Gasteiger partial charge in [-0.1, -0.05) is 6.92 Å². The summed E-state index contributed by atoms with van der Waals surface area (Å²) < 4.78 is 0. The topological polar surface area (TPSA) is 58.4 Å². The fourth-order valence-electron chi connectivity index (χ4n) is 1.11. The van der Waals surface area contributed by atoms with Crippen molar-refractivity contribution in [2.45, 2.75) is 13.3 Å². The summed E-state index contributed by atoms with van der Waals surface area (Å²) in [7, 11) is 3.45. The van der Waals surface area contributed by atoms with Gasteiger partial charge < -0.3 is 16.0 Å². The smallest absolute Gasteiger partial charge is 0.265 e. The maximum Gasteiger partial charge on any atom is 0.265 e. The largest absolute Gasteiger partial charge is 0.397 e. The van der Waals surface area contributed by atoms with E-state index in [1.54, 1.807) is 14.1 Å². The first-order chi connectivity index (χ1) is 7.06. The van der Waals surface area contributed by atoms with Crippen molar-refractivity contribution in [2.24, 2.45) is 0 Å². The van der Waals surface area contributed by atoms with Crippen LogP contribution in [0.5, 0.6) is 0 Å². The van der Waals surface area contributed by atoms with Crippen LogP contribution in [0.1, 0.15) is 23.0 Å². The van der Waals surface area contributed by atoms with Gasteiger partial charge in [0.1, 0.15) is 4.88 Å². The number of carbonyl (C=O) groups is 1. The minimum Gasteiger partial charge on any atom is -0.397 e. The van der Waals surface area contributed by atoms with Crippen molar-refractivity contribution in [2.75, 3.05) is 31.7 Å². The van der Waals surface area contributed by atoms with Crippen molar-refractivity contribution in [3.05, 3.63) is 10.9 Å². The number of nitrogens with zero attached hydrogens (tertiary/aromatic N) is 1. The highest BCUT2D eigenvalue weighted by atomic mass is 32.1. The van der Waals surface area contributed by atoms with E-state index in [0.29, 0.717) is 10.6 Å². The van der Waals surface area contributed by atoms with Crippen molar-refractivity contribution in [3.63, 3.8) is 0 Å². The van der Waals surface area contributed by atoms with Crippen LogP contribution >= 0.6 is 11.3 Å². The zero-order chi connectivity index (χ0) is 11.4. The fraction of sp³-hybridized carbons (Fsp3) is 0.500. The number of anilines is 2. The predicted octanol–water partition coefficient (Wildman–Crippen LogP) is 1.85. The highest BCUT2D eigenvalue weighted by molar-refractivity contribution is 7.18. The van der Waals surface area contributed by atoms with E-state index >= 15 is 0 Å². The third-order valence-electron chi connectivity index (χ3n) is 1.91. The lowest BCUT2D eigenvalue weighted by molar-refractivity contribution is 0.0833. The van der Waals surface area contributed by atoms with E-state index in [-0.39, 0.29) is 5.91 Å². The Morgan fingerprint density at radius 3 is 2.80 bits per heavy atom. The molecule has 0 aromatic carbocycles. The molecule has 1 amide bonds. The summed E-state index contributed by atoms with van der Waals surface area (Å²) in [5, 5.41) is 4.18. The second kappa shape index (κ2) is 5.02. The first-order valence-corrected chi connectivity index (χ1v) is 5.72. The van der Waals surface area contributed by atoms with E-state index in [4.69, 9.17) is 5.73 Å². The number of nitrogens with one attached hydrogen (secondary N) is 1. The van der Waals surface area contributed by atoms with Gasteiger partial charge in [-0.15, -0.1) is 11.3 Å². The molecule has 15 heavy (non-hydrogen) atoms. The summed E-state index contributed by atoms with van der Waals surface area (Å²) >= 11 is 1.41. The van der Waals surface area contributed by atoms with Crippen molar-refractivity contribution in [1.29, 1.82) is 0 Å². The normalized spacial score (nSPS) is 10.1. The number of carbonyl (C=O) groups excluding carboxylic acids is 1. The molecule has 0 spiro atoms. The zero-order valence-corrected chi connectivity index (χ0v) is 10.1. The molecule has 1 aromatic heterocycles. The Labute approximate surface area is 94.1 Å². The van der Waals surface area contributed by atoms with Gasteiger partial charge >= 0.3 is 0 Å². The molecule has 0 aliphatic heterocycles. The first kappa shape index (κ1) is 11.8. The van der Waals surface area contributed by atoms with Gasteiger partial charge in [-0.2, -0.15) is 0 Å². The van der Waals surface area contributed by atoms with Crippen molar-refractivity contribution >= 4 is 27.9 Å². The second-order valence-electron chi connectivity index (χ2n) is 3.52. The zero-order valence-electron chi connectivity index (χ0n) is 9.33. The molecule has 3 N–H and O–H groups in total. The number of hydrogen-bond acceptors (Lipinski definition) is 4. The lowest BCUT2D eigenvalue weighted by Crippen LogP contribution is -2.21. The average Bonchev–Trinajstić information content (AvgIpc) is 2.55. The van der Waals surface area contributed by atoms with Gasteiger partial charge in [-0.25, -0.2) is 0 Å². The molecule has 84 valence electrons. The van der Waals surface area contributed by atoms with E-state index in [1.165, 1.54) is 16.2 Å². The number of rotatable bonds is 4. The maximum absolute atomic E-state index is 11.7. The molecule has 0 saturated carbocycles. The maximum atomic E-state index is 11.7. The number of nitrogen functional groups attached to an aromatic ring is 1. The molecule has 0 unspecified atom stereocenters. The van der Waals surface area contributed by atoms with Crippen LogP contribution in [0.4, 0.5) is 10.7 Å². The molecule has 4 nitrogen and oxygen atoms in total. The first-order valence-electron chi connectivity index (χ1n) is 4.91. The highest BCUT2D eigenvalue weighted by Gasteiger charge is 2.15. The SMILES string of the molecule is CCCNc1cc(N)c(C(=O)N(C)C)s1. The highest BCUT2D eigenvalue weighted by Crippen LogP contribution is 2.29. The molecule has 1 aromatic rings. The molecule has 0 radical (unpaired) electrons. The third kappa shape index (κ3) is 2.86. The monoisotopic (exact) mass is 227 g/mol. The molecule has 0 atom stereocenters. The van der Waals surface area contributed by atoms with Gasteiger partial charge in [0.05, 0.1) is 10.7 Å². The lowest BCUT2D eigenvalue weighted by Gasteiger charge is -2.08. The van der Waals surface area contributed by atoms with E-state index in [9.17, 15) is 4.79 Å². The summed E-state index contributed by atoms with van der Waals surface area (Å²) in [5.74, 6) is -0.0398. The molecule has 1 heterocycles. The molecule has 0 aliphatic carbocycles. The van der Waals surface area contributed by atoms with Gasteiger partial charge in [0, 0.05) is 20.6 Å². The number of hydrogen-bond donors (Lipinski definition) is 2. The Hall–Kier alpha value is -1.23. The molecule has 0 saturated heterocycles. The van der Waals surface area contributed by atoms with Crippen molar-refractivity contribution in [1.82, 2.24) is 4.90 Å². The van der Waals surface area contributed by atoms with Gasteiger partial charge in [0.25, 0.3) is 5.91 Å². The van der Waals surface area contributed by atoms with Gasteiger partial charge in [-0.3, -0.25) is 4.79 Å². The summed E-state index contributed by atoms with van der Waals surface area (Å²) in [4.78, 5) is 13.8. The molecule has 0 fully saturated rings. The third-order valence-corrected chi connectivity index (χ3v) is 3.01. The number of amides is 1. The quantitative estimate of drug-likeness (QED) is 0.825. The van der Waals surface area contributed by atoms with E-state index < -0.39 is 0 Å². The molecule has 1 rings (SSSR count). The molecule has 0 aliphatic rings. The summed E-state index contributed by atoms with van der Waals surface area (Å²) in [6.45, 7) is 2.99. The molecular weight excluding hydrogens is 210 g/mol. The average molecular weight is 227 g/mol. The molecule has 0 bridgehead atoms. The van der Waals surface area contributed by atoms with Crippen LogP contribution < -0.4 is 11.1 Å². The summed E-state index contributed by atoms with van der Waals surface area (Å²) in [5.41, 5.74) is 6.33. The van der Waals surface area contributed by atoms with Crippen LogP contribution in [0.15, 0.2) is 6.07 Å². The summed E-state index contributed by atoms with van der Waals surface area (Å²) in [6.07, 6.45) is 1.05. The van der Waals surface area contributed by atoms with Crippen molar-refractivity contribution in [3.8, 4) is 0 Å². The Bertz CT molecular complexity index is 346. The van der Waals surface area contributed by atoms with Gasteiger partial charge in [0.2, 0.25) is 0 Å². The second-order valence-corrected chi connectivity index (χ2v) is 4.57. The van der Waals surface area contributed by atoms with E-state index in [1.807, 2.05) is 6.07 Å². The summed E-state index contributed by atoms with van der Waals surface area (Å²) in [6, 6.07) is 1.82. The van der Waals surface area contributed by atoms with E-state index in [0.717, 1.165) is 18.0 Å². The Morgan fingerprint density at radius 1 is 1.60 bits per heavy atom. The number of nitrogens with two attached hydrogens (primary N) is 1. The van der Waals surface area contributed by atoms with Gasteiger partial charge in [0.15, 0.2) is 0 Å². The number of thiophene rings is 1. The standard InChI is InChI=1S/C10H17N3OS/c1-4-5-12-8-6-7(11)9(15-8)10(14)13(2)3/h6,12H,4-5,11H2,1-3H3.